The van der Waals surface area contributed by atoms with Crippen LogP contribution in [0, 0.1) is 0 Å². The molecule has 0 atom stereocenters. The van der Waals surface area contributed by atoms with Gasteiger partial charge in [0.25, 0.3) is 5.91 Å². The van der Waals surface area contributed by atoms with E-state index in [1.807, 2.05) is 9.42 Å². The van der Waals surface area contributed by atoms with Crippen molar-refractivity contribution in [2.45, 2.75) is 31.6 Å². The molecular formula is C20H23N7O. The molecule has 5 heterocycles. The predicted octanol–water partition coefficient (Wildman–Crippen LogP) is 2.14. The number of likely N-dealkylation sites (tertiary alicyclic amines) is 1. The molecule has 0 unspecified atom stereocenters. The summed E-state index contributed by atoms with van der Waals surface area (Å²) in [6.45, 7) is 3.61. The van der Waals surface area contributed by atoms with Crippen LogP contribution in [0.4, 0.5) is 5.69 Å². The number of rotatable bonds is 3. The highest BCUT2D eigenvalue weighted by Crippen LogP contribution is 2.27. The van der Waals surface area contributed by atoms with E-state index in [-0.39, 0.29) is 11.8 Å². The van der Waals surface area contributed by atoms with Crippen molar-refractivity contribution in [3.05, 3.63) is 48.4 Å². The normalized spacial score (nSPS) is 18.1. The van der Waals surface area contributed by atoms with Gasteiger partial charge in [-0.05, 0) is 37.8 Å². The Morgan fingerprint density at radius 3 is 2.61 bits per heavy atom. The number of fused-ring (bicyclic) bond motifs is 1. The van der Waals surface area contributed by atoms with Crippen molar-refractivity contribution in [1.82, 2.24) is 29.5 Å². The van der Waals surface area contributed by atoms with Crippen LogP contribution in [-0.2, 0) is 0 Å². The minimum Gasteiger partial charge on any atom is -0.370 e. The van der Waals surface area contributed by atoms with Crippen LogP contribution in [0.5, 0.6) is 0 Å². The molecule has 0 spiro atoms. The summed E-state index contributed by atoms with van der Waals surface area (Å²) in [4.78, 5) is 29.6. The molecule has 0 aliphatic carbocycles. The Balaban J connectivity index is 1.28. The number of anilines is 1. The second-order valence-electron chi connectivity index (χ2n) is 7.51. The standard InChI is InChI=1S/C20H23N7O/c28-20(17-13-21-7-8-22-17)26-11-5-15(6-12-26)19-23-18-4-3-16(14-27(18)24-19)25-9-1-2-10-25/h3-4,7-8,13-15H,1-2,5-6,9-12H2. The monoisotopic (exact) mass is 377 g/mol. The maximum Gasteiger partial charge on any atom is 0.274 e. The lowest BCUT2D eigenvalue weighted by Gasteiger charge is -2.30. The Morgan fingerprint density at radius 1 is 1.04 bits per heavy atom. The molecule has 0 aromatic carbocycles. The summed E-state index contributed by atoms with van der Waals surface area (Å²) in [7, 11) is 0. The fraction of sp³-hybridized carbons (Fsp3) is 0.450. The summed E-state index contributed by atoms with van der Waals surface area (Å²) < 4.78 is 1.90. The summed E-state index contributed by atoms with van der Waals surface area (Å²) in [5.74, 6) is 1.11. The van der Waals surface area contributed by atoms with Gasteiger partial charge in [-0.1, -0.05) is 0 Å². The second-order valence-corrected chi connectivity index (χ2v) is 7.51. The Kier molecular flexibility index (Phi) is 4.38. The Labute approximate surface area is 163 Å². The number of nitrogens with zero attached hydrogens (tertiary/aromatic N) is 7. The Morgan fingerprint density at radius 2 is 1.86 bits per heavy atom. The summed E-state index contributed by atoms with van der Waals surface area (Å²) in [5, 5.41) is 4.75. The van der Waals surface area contributed by atoms with Gasteiger partial charge in [-0.3, -0.25) is 9.78 Å². The van der Waals surface area contributed by atoms with Gasteiger partial charge in [0, 0.05) is 44.5 Å². The van der Waals surface area contributed by atoms with Crippen LogP contribution in [0.3, 0.4) is 0 Å². The number of carbonyl (C=O) groups is 1. The van der Waals surface area contributed by atoms with Gasteiger partial charge in [-0.15, -0.1) is 0 Å². The fourth-order valence-electron chi connectivity index (χ4n) is 4.14. The molecule has 8 heteroatoms. The number of hydrogen-bond acceptors (Lipinski definition) is 6. The van der Waals surface area contributed by atoms with Crippen molar-refractivity contribution in [3.8, 4) is 0 Å². The van der Waals surface area contributed by atoms with Crippen molar-refractivity contribution in [1.29, 1.82) is 0 Å². The highest BCUT2D eigenvalue weighted by atomic mass is 16.2. The molecule has 2 saturated heterocycles. The molecular weight excluding hydrogens is 354 g/mol. The van der Waals surface area contributed by atoms with E-state index in [2.05, 4.69) is 33.2 Å². The zero-order valence-corrected chi connectivity index (χ0v) is 15.7. The van der Waals surface area contributed by atoms with Crippen molar-refractivity contribution >= 4 is 17.2 Å². The molecule has 0 radical (unpaired) electrons. The SMILES string of the molecule is O=C(c1cnccn1)N1CCC(c2nc3ccc(N4CCCC4)cn3n2)CC1. The molecule has 3 aromatic rings. The molecule has 144 valence electrons. The molecule has 5 rings (SSSR count). The predicted molar refractivity (Wildman–Crippen MR) is 104 cm³/mol. The molecule has 28 heavy (non-hydrogen) atoms. The van der Waals surface area contributed by atoms with E-state index in [1.54, 1.807) is 12.4 Å². The van der Waals surface area contributed by atoms with E-state index in [1.165, 1.54) is 24.7 Å². The Bertz CT molecular complexity index is 973. The third-order valence-electron chi connectivity index (χ3n) is 5.73. The first kappa shape index (κ1) is 17.1. The molecule has 0 N–H and O–H groups in total. The van der Waals surface area contributed by atoms with Gasteiger partial charge in [0.05, 0.1) is 18.1 Å². The molecule has 1 amide bonds. The molecule has 2 aliphatic rings. The molecule has 0 saturated carbocycles. The smallest absolute Gasteiger partial charge is 0.274 e. The number of piperidine rings is 1. The zero-order valence-electron chi connectivity index (χ0n) is 15.7. The van der Waals surface area contributed by atoms with Crippen LogP contribution in [0.2, 0.25) is 0 Å². The van der Waals surface area contributed by atoms with Crippen molar-refractivity contribution in [2.75, 3.05) is 31.1 Å². The van der Waals surface area contributed by atoms with E-state index in [4.69, 9.17) is 10.1 Å². The van der Waals surface area contributed by atoms with Gasteiger partial charge in [0.2, 0.25) is 0 Å². The maximum absolute atomic E-state index is 12.5. The lowest BCUT2D eigenvalue weighted by atomic mass is 9.96. The van der Waals surface area contributed by atoms with Crippen LogP contribution in [0.1, 0.15) is 47.9 Å². The average Bonchev–Trinajstić information content (AvgIpc) is 3.43. The fourth-order valence-corrected chi connectivity index (χ4v) is 4.14. The Hall–Kier alpha value is -3.03. The highest BCUT2D eigenvalue weighted by Gasteiger charge is 2.27. The zero-order chi connectivity index (χ0) is 18.9. The largest absolute Gasteiger partial charge is 0.370 e. The van der Waals surface area contributed by atoms with Crippen LogP contribution >= 0.6 is 0 Å². The number of amides is 1. The highest BCUT2D eigenvalue weighted by molar-refractivity contribution is 5.92. The van der Waals surface area contributed by atoms with Crippen molar-refractivity contribution < 1.29 is 4.79 Å². The summed E-state index contributed by atoms with van der Waals surface area (Å²) in [6.07, 6.45) is 11.0. The minimum absolute atomic E-state index is 0.0511. The van der Waals surface area contributed by atoms with Gasteiger partial charge in [0.1, 0.15) is 5.69 Å². The lowest BCUT2D eigenvalue weighted by molar-refractivity contribution is 0.0704. The number of hydrogen-bond donors (Lipinski definition) is 0. The number of carbonyl (C=O) groups excluding carboxylic acids is 1. The van der Waals surface area contributed by atoms with E-state index >= 15 is 0 Å². The second kappa shape index (κ2) is 7.18. The summed E-state index contributed by atoms with van der Waals surface area (Å²) in [6, 6.07) is 4.19. The molecule has 2 aliphatic heterocycles. The number of pyridine rings is 1. The van der Waals surface area contributed by atoms with Crippen molar-refractivity contribution in [2.24, 2.45) is 0 Å². The average molecular weight is 377 g/mol. The van der Waals surface area contributed by atoms with Gasteiger partial charge in [-0.2, -0.15) is 5.10 Å². The molecule has 8 nitrogen and oxygen atoms in total. The van der Waals surface area contributed by atoms with Gasteiger partial charge < -0.3 is 9.80 Å². The van der Waals surface area contributed by atoms with Crippen molar-refractivity contribution in [3.63, 3.8) is 0 Å². The van der Waals surface area contributed by atoms with Gasteiger partial charge in [-0.25, -0.2) is 14.5 Å². The third kappa shape index (κ3) is 3.19. The maximum atomic E-state index is 12.5. The van der Waals surface area contributed by atoms with E-state index in [0.717, 1.165) is 37.4 Å². The van der Waals surface area contributed by atoms with Crippen LogP contribution < -0.4 is 4.90 Å². The summed E-state index contributed by atoms with van der Waals surface area (Å²) >= 11 is 0. The summed E-state index contributed by atoms with van der Waals surface area (Å²) in [5.41, 5.74) is 2.50. The first-order valence-electron chi connectivity index (χ1n) is 9.94. The quantitative estimate of drug-likeness (QED) is 0.696. The topological polar surface area (TPSA) is 79.5 Å². The minimum atomic E-state index is -0.0511. The van der Waals surface area contributed by atoms with Crippen LogP contribution in [-0.4, -0.2) is 61.6 Å². The van der Waals surface area contributed by atoms with Crippen LogP contribution in [0.25, 0.3) is 5.65 Å². The van der Waals surface area contributed by atoms with Crippen LogP contribution in [0.15, 0.2) is 36.9 Å². The first-order valence-corrected chi connectivity index (χ1v) is 9.94. The molecule has 0 bridgehead atoms. The van der Waals surface area contributed by atoms with Gasteiger partial charge >= 0.3 is 0 Å². The number of aromatic nitrogens is 5. The van der Waals surface area contributed by atoms with E-state index < -0.39 is 0 Å². The van der Waals surface area contributed by atoms with Gasteiger partial charge in [0.15, 0.2) is 11.5 Å². The third-order valence-corrected chi connectivity index (χ3v) is 5.73. The lowest BCUT2D eigenvalue weighted by Crippen LogP contribution is -2.38. The first-order chi connectivity index (χ1) is 13.8. The van der Waals surface area contributed by atoms with E-state index in [0.29, 0.717) is 18.8 Å². The molecule has 3 aromatic heterocycles. The van der Waals surface area contributed by atoms with E-state index in [9.17, 15) is 4.79 Å². The molecule has 2 fully saturated rings.